The third-order valence-electron chi connectivity index (χ3n) is 5.88. The van der Waals surface area contributed by atoms with E-state index in [1.165, 1.54) is 6.07 Å². The second-order valence-corrected chi connectivity index (χ2v) is 7.93. The number of pyridine rings is 1. The van der Waals surface area contributed by atoms with Crippen LogP contribution < -0.4 is 39.4 Å². The molecule has 1 fully saturated rings. The Balaban J connectivity index is 0.00000245. The zero-order valence-corrected chi connectivity index (χ0v) is 20.4. The molecule has 7 heteroatoms. The monoisotopic (exact) mass is 439 g/mol. The van der Waals surface area contributed by atoms with E-state index < -0.39 is 5.97 Å². The van der Waals surface area contributed by atoms with Crippen molar-refractivity contribution in [1.82, 2.24) is 4.98 Å². The summed E-state index contributed by atoms with van der Waals surface area (Å²) >= 11 is 0. The van der Waals surface area contributed by atoms with Crippen LogP contribution in [-0.4, -0.2) is 30.3 Å². The summed E-state index contributed by atoms with van der Waals surface area (Å²) in [5.41, 5.74) is 3.59. The third kappa shape index (κ3) is 4.04. The average molecular weight is 439 g/mol. The number of aryl methyl sites for hydroxylation is 2. The number of carbonyl (C=O) groups is 1. The van der Waals surface area contributed by atoms with Crippen LogP contribution in [0.4, 0.5) is 0 Å². The maximum atomic E-state index is 12.2. The predicted octanol–water partition coefficient (Wildman–Crippen LogP) is 1.19. The average Bonchev–Trinajstić information content (AvgIpc) is 3.12. The molecular formula is C25H22NNaO5. The van der Waals surface area contributed by atoms with Crippen LogP contribution in [0, 0.1) is 13.8 Å². The largest absolute Gasteiger partial charge is 1.00 e. The van der Waals surface area contributed by atoms with Crippen molar-refractivity contribution < 1.29 is 53.3 Å². The van der Waals surface area contributed by atoms with Gasteiger partial charge < -0.3 is 23.8 Å². The van der Waals surface area contributed by atoms with Gasteiger partial charge in [-0.1, -0.05) is 24.3 Å². The molecule has 3 heterocycles. The first kappa shape index (κ1) is 22.8. The van der Waals surface area contributed by atoms with Crippen molar-refractivity contribution in [3.8, 4) is 17.2 Å². The van der Waals surface area contributed by atoms with E-state index in [1.807, 2.05) is 50.2 Å². The first-order chi connectivity index (χ1) is 15.0. The maximum Gasteiger partial charge on any atom is 1.00 e. The van der Waals surface area contributed by atoms with Gasteiger partial charge in [-0.3, -0.25) is 0 Å². The minimum atomic E-state index is -1.27. The Morgan fingerprint density at radius 2 is 1.88 bits per heavy atom. The van der Waals surface area contributed by atoms with Gasteiger partial charge >= 0.3 is 29.6 Å². The van der Waals surface area contributed by atoms with E-state index in [0.29, 0.717) is 41.3 Å². The Morgan fingerprint density at radius 3 is 2.59 bits per heavy atom. The number of carbonyl (C=O) groups excluding carboxylic acids is 1. The van der Waals surface area contributed by atoms with E-state index >= 15 is 0 Å². The van der Waals surface area contributed by atoms with Crippen molar-refractivity contribution in [1.29, 1.82) is 0 Å². The predicted molar refractivity (Wildman–Crippen MR) is 115 cm³/mol. The van der Waals surface area contributed by atoms with Crippen molar-refractivity contribution in [3.05, 3.63) is 59.2 Å². The van der Waals surface area contributed by atoms with Gasteiger partial charge in [0.2, 0.25) is 0 Å². The fraction of sp³-hybridized carbons (Fsp3) is 0.280. The van der Waals surface area contributed by atoms with E-state index in [1.54, 1.807) is 0 Å². The molecule has 0 radical (unpaired) electrons. The number of rotatable bonds is 4. The van der Waals surface area contributed by atoms with Crippen molar-refractivity contribution in [2.75, 3.05) is 13.2 Å². The molecule has 6 nitrogen and oxygen atoms in total. The van der Waals surface area contributed by atoms with Crippen molar-refractivity contribution in [3.63, 3.8) is 0 Å². The summed E-state index contributed by atoms with van der Waals surface area (Å²) in [5, 5.41) is 13.6. The minimum Gasteiger partial charge on any atom is -0.545 e. The second-order valence-electron chi connectivity index (χ2n) is 7.93. The topological polar surface area (TPSA) is 84.6 Å². The summed E-state index contributed by atoms with van der Waals surface area (Å²) in [5.74, 6) is -0.210. The molecule has 0 bridgehead atoms. The maximum absolute atomic E-state index is 12.2. The van der Waals surface area contributed by atoms with Crippen LogP contribution in [0.5, 0.6) is 5.75 Å². The number of aromatic nitrogens is 1. The summed E-state index contributed by atoms with van der Waals surface area (Å²) < 4.78 is 17.6. The van der Waals surface area contributed by atoms with Gasteiger partial charge in [-0.05, 0) is 37.6 Å². The number of fused-ring (bicyclic) bond motifs is 2. The Morgan fingerprint density at radius 1 is 1.12 bits per heavy atom. The van der Waals surface area contributed by atoms with Gasteiger partial charge in [0.25, 0.3) is 0 Å². The number of furan rings is 1. The number of aromatic carboxylic acids is 1. The van der Waals surface area contributed by atoms with Gasteiger partial charge in [-0.2, -0.15) is 0 Å². The van der Waals surface area contributed by atoms with Crippen LogP contribution in [0.2, 0.25) is 0 Å². The van der Waals surface area contributed by atoms with Gasteiger partial charge in [-0.25, -0.2) is 4.98 Å². The van der Waals surface area contributed by atoms with Crippen molar-refractivity contribution in [2.24, 2.45) is 0 Å². The standard InChI is InChI=1S/C25H23NO5.Na/c1-14-7-8-21(30-16-9-11-29-12-10-16)22-18(25(27)28)13-19(26-23(14)22)24-15(2)17-5-3-4-6-20(17)31-24;/h3-8,13,16H,9-12H2,1-2H3,(H,27,28);/q;+1/p-1. The molecule has 0 aliphatic carbocycles. The fourth-order valence-electron chi connectivity index (χ4n) is 4.21. The van der Waals surface area contributed by atoms with Crippen LogP contribution in [0.3, 0.4) is 0 Å². The molecular weight excluding hydrogens is 417 g/mol. The number of carboxylic acid groups (broad SMARTS) is 1. The van der Waals surface area contributed by atoms with Crippen molar-refractivity contribution >= 4 is 27.8 Å². The fourth-order valence-corrected chi connectivity index (χ4v) is 4.21. The molecule has 0 saturated carbocycles. The number of hydrogen-bond acceptors (Lipinski definition) is 6. The van der Waals surface area contributed by atoms with Gasteiger partial charge in [-0.15, -0.1) is 0 Å². The number of nitrogens with zero attached hydrogens (tertiary/aromatic N) is 1. The Labute approximate surface area is 207 Å². The molecule has 0 N–H and O–H groups in total. The Kier molecular flexibility index (Phi) is 6.58. The normalized spacial score (nSPS) is 14.4. The van der Waals surface area contributed by atoms with Gasteiger partial charge in [0.1, 0.15) is 23.1 Å². The molecule has 1 aliphatic heterocycles. The Bertz CT molecular complexity index is 1310. The van der Waals surface area contributed by atoms with E-state index in [4.69, 9.17) is 18.9 Å². The summed E-state index contributed by atoms with van der Waals surface area (Å²) in [7, 11) is 0. The van der Waals surface area contributed by atoms with Gasteiger partial charge in [0, 0.05) is 29.4 Å². The SMILES string of the molecule is Cc1c(-c2cc(C(=O)[O-])c3c(OC4CCOCC4)ccc(C)c3n2)oc2ccccc12.[Na+]. The second kappa shape index (κ2) is 9.24. The quantitative estimate of drug-likeness (QED) is 0.444. The zero-order valence-electron chi connectivity index (χ0n) is 18.4. The summed E-state index contributed by atoms with van der Waals surface area (Å²) in [6, 6.07) is 12.9. The molecule has 1 saturated heterocycles. The van der Waals surface area contributed by atoms with E-state index in [2.05, 4.69) is 0 Å². The number of hydrogen-bond donors (Lipinski definition) is 0. The molecule has 2 aromatic heterocycles. The molecule has 0 atom stereocenters. The zero-order chi connectivity index (χ0) is 21.5. The number of para-hydroxylation sites is 1. The van der Waals surface area contributed by atoms with E-state index in [9.17, 15) is 9.90 Å². The van der Waals surface area contributed by atoms with Crippen molar-refractivity contribution in [2.45, 2.75) is 32.8 Å². The van der Waals surface area contributed by atoms with Gasteiger partial charge in [0.15, 0.2) is 5.76 Å². The first-order valence-corrected chi connectivity index (χ1v) is 10.4. The molecule has 158 valence electrons. The number of ether oxygens (including phenoxy) is 2. The first-order valence-electron chi connectivity index (χ1n) is 10.4. The number of benzene rings is 2. The molecule has 32 heavy (non-hydrogen) atoms. The molecule has 4 aromatic rings. The van der Waals surface area contributed by atoms with Crippen LogP contribution in [0.15, 0.2) is 46.9 Å². The molecule has 1 aliphatic rings. The third-order valence-corrected chi connectivity index (χ3v) is 5.88. The molecule has 0 spiro atoms. The van der Waals surface area contributed by atoms with E-state index in [0.717, 1.165) is 34.9 Å². The summed E-state index contributed by atoms with van der Waals surface area (Å²) in [6.07, 6.45) is 1.51. The summed E-state index contributed by atoms with van der Waals surface area (Å²) in [6.45, 7) is 5.12. The van der Waals surface area contributed by atoms with Crippen LogP contribution in [-0.2, 0) is 4.74 Å². The molecule has 0 unspecified atom stereocenters. The van der Waals surface area contributed by atoms with E-state index in [-0.39, 0.29) is 41.2 Å². The Hall–Kier alpha value is -2.38. The molecule has 0 amide bonds. The van der Waals surface area contributed by atoms with Gasteiger partial charge in [0.05, 0.1) is 30.1 Å². The molecule has 2 aromatic carbocycles. The van der Waals surface area contributed by atoms with Crippen LogP contribution in [0.25, 0.3) is 33.3 Å². The summed E-state index contributed by atoms with van der Waals surface area (Å²) in [4.78, 5) is 17.0. The van der Waals surface area contributed by atoms with Crippen LogP contribution in [0.1, 0.15) is 34.3 Å². The van der Waals surface area contributed by atoms with Crippen LogP contribution >= 0.6 is 0 Å². The minimum absolute atomic E-state index is 0. The number of carboxylic acids is 1. The smallest absolute Gasteiger partial charge is 0.545 e. The molecule has 5 rings (SSSR count).